The number of thioether (sulfide) groups is 2. The fourth-order valence-electron chi connectivity index (χ4n) is 4.77. The Hall–Kier alpha value is -5.02. The van der Waals surface area contributed by atoms with Gasteiger partial charge in [0.15, 0.2) is 23.5 Å². The molecule has 0 unspecified atom stereocenters. The fraction of sp³-hybridized carbons (Fsp3) is 0.167. The molecule has 6 rings (SSSR count). The zero-order chi connectivity index (χ0) is 36.5. The van der Waals surface area contributed by atoms with Gasteiger partial charge in [0.1, 0.15) is 11.5 Å². The Bertz CT molecular complexity index is 1850. The second kappa shape index (κ2) is 17.5. The second-order valence-electron chi connectivity index (χ2n) is 11.2. The highest BCUT2D eigenvalue weighted by Gasteiger charge is 2.31. The van der Waals surface area contributed by atoms with Gasteiger partial charge in [0.25, 0.3) is 23.6 Å². The molecule has 0 saturated carbocycles. The first kappa shape index (κ1) is 36.8. The van der Waals surface area contributed by atoms with Gasteiger partial charge in [-0.3, -0.25) is 30.0 Å². The number of hydrogen-bond acceptors (Lipinski definition) is 10. The zero-order valence-corrected chi connectivity index (χ0v) is 30.4. The maximum atomic E-state index is 12.6. The summed E-state index contributed by atoms with van der Waals surface area (Å²) in [7, 11) is 0. The standard InChI is InChI=1S/C36H30Cl2N6O6S2/c37-25-7-11-27(12-8-25)39-35-43(33(47)21-51-35)41-31(45)19-49-29-15-3-23(4-16-29)1-2-24-5-17-30(18-6-24)50-20-32(46)42-44-34(48)22-52-36(44)40-28-13-9-26(38)10-14-28/h3-18H,1-2,19-22H2,(H,41,45)(H,42,46). The van der Waals surface area contributed by atoms with Crippen molar-refractivity contribution in [1.29, 1.82) is 0 Å². The molecule has 266 valence electrons. The zero-order valence-electron chi connectivity index (χ0n) is 27.3. The minimum Gasteiger partial charge on any atom is -0.484 e. The van der Waals surface area contributed by atoms with Crippen molar-refractivity contribution in [3.8, 4) is 11.5 Å². The van der Waals surface area contributed by atoms with Crippen LogP contribution in [0.5, 0.6) is 11.5 Å². The molecule has 2 fully saturated rings. The number of hydrazine groups is 2. The minimum absolute atomic E-state index is 0.165. The van der Waals surface area contributed by atoms with Crippen LogP contribution in [0.1, 0.15) is 11.1 Å². The van der Waals surface area contributed by atoms with E-state index in [4.69, 9.17) is 32.7 Å². The Labute approximate surface area is 317 Å². The molecule has 4 aromatic carbocycles. The van der Waals surface area contributed by atoms with Crippen LogP contribution in [0.2, 0.25) is 10.0 Å². The van der Waals surface area contributed by atoms with Gasteiger partial charge < -0.3 is 9.47 Å². The predicted molar refractivity (Wildman–Crippen MR) is 203 cm³/mol. The molecule has 0 aliphatic carbocycles. The van der Waals surface area contributed by atoms with E-state index in [1.54, 1.807) is 72.8 Å². The van der Waals surface area contributed by atoms with Gasteiger partial charge in [0.2, 0.25) is 0 Å². The topological polar surface area (TPSA) is 142 Å². The molecule has 0 aromatic heterocycles. The van der Waals surface area contributed by atoms with Gasteiger partial charge in [-0.25, -0.2) is 9.98 Å². The number of carbonyl (C=O) groups is 4. The molecule has 0 bridgehead atoms. The third-order valence-electron chi connectivity index (χ3n) is 7.40. The summed E-state index contributed by atoms with van der Waals surface area (Å²) in [6, 6.07) is 28.5. The molecule has 16 heteroatoms. The number of nitrogens with one attached hydrogen (secondary N) is 2. The van der Waals surface area contributed by atoms with Crippen molar-refractivity contribution in [3.05, 3.63) is 118 Å². The Morgan fingerprint density at radius 1 is 0.596 bits per heavy atom. The van der Waals surface area contributed by atoms with E-state index >= 15 is 0 Å². The number of amides is 4. The summed E-state index contributed by atoms with van der Waals surface area (Å²) in [5.41, 5.74) is 8.49. The van der Waals surface area contributed by atoms with Crippen molar-refractivity contribution in [3.63, 3.8) is 0 Å². The van der Waals surface area contributed by atoms with Crippen LogP contribution in [0.4, 0.5) is 11.4 Å². The number of halogens is 2. The first-order chi connectivity index (χ1) is 25.2. The van der Waals surface area contributed by atoms with Gasteiger partial charge in [0.05, 0.1) is 22.9 Å². The SMILES string of the molecule is O=C(COc1ccc(CCc2ccc(OCC(=O)NN3C(=O)CSC3=Nc3ccc(Cl)cc3)cc2)cc1)NN1C(=O)CSC1=Nc1ccc(Cl)cc1. The molecule has 2 aliphatic heterocycles. The molecular formula is C36H30Cl2N6O6S2. The van der Waals surface area contributed by atoms with E-state index in [0.717, 1.165) is 34.0 Å². The Balaban J connectivity index is 0.915. The van der Waals surface area contributed by atoms with Crippen molar-refractivity contribution in [2.24, 2.45) is 9.98 Å². The number of amidine groups is 2. The Morgan fingerprint density at radius 3 is 1.33 bits per heavy atom. The number of ether oxygens (including phenoxy) is 2. The third kappa shape index (κ3) is 10.3. The number of aryl methyl sites for hydroxylation is 2. The van der Waals surface area contributed by atoms with Crippen molar-refractivity contribution in [2.45, 2.75) is 12.8 Å². The lowest BCUT2D eigenvalue weighted by molar-refractivity contribution is -0.135. The van der Waals surface area contributed by atoms with Crippen LogP contribution in [-0.4, -0.2) is 68.7 Å². The highest BCUT2D eigenvalue weighted by Crippen LogP contribution is 2.25. The minimum atomic E-state index is -0.494. The first-order valence-electron chi connectivity index (χ1n) is 15.8. The van der Waals surface area contributed by atoms with Gasteiger partial charge in [-0.2, -0.15) is 10.0 Å². The molecule has 2 N–H and O–H groups in total. The van der Waals surface area contributed by atoms with Crippen LogP contribution < -0.4 is 20.3 Å². The maximum Gasteiger partial charge on any atom is 0.276 e. The molecule has 52 heavy (non-hydrogen) atoms. The molecule has 0 spiro atoms. The van der Waals surface area contributed by atoms with Gasteiger partial charge in [-0.05, 0) is 96.8 Å². The predicted octanol–water partition coefficient (Wildman–Crippen LogP) is 6.12. The average Bonchev–Trinajstić information content (AvgIpc) is 3.67. The number of rotatable bonds is 13. The number of nitrogens with zero attached hydrogens (tertiary/aromatic N) is 4. The van der Waals surface area contributed by atoms with Crippen molar-refractivity contribution >= 4 is 92.1 Å². The van der Waals surface area contributed by atoms with E-state index in [9.17, 15) is 19.2 Å². The maximum absolute atomic E-state index is 12.6. The summed E-state index contributed by atoms with van der Waals surface area (Å²) in [5.74, 6) is -0.200. The Morgan fingerprint density at radius 2 is 0.962 bits per heavy atom. The van der Waals surface area contributed by atoms with Crippen LogP contribution in [0.15, 0.2) is 107 Å². The molecule has 0 atom stereocenters. The van der Waals surface area contributed by atoms with E-state index in [0.29, 0.717) is 43.3 Å². The number of benzene rings is 4. The molecule has 12 nitrogen and oxygen atoms in total. The van der Waals surface area contributed by atoms with Crippen LogP contribution in [-0.2, 0) is 32.0 Å². The monoisotopic (exact) mass is 776 g/mol. The molecule has 4 amide bonds. The summed E-state index contributed by atoms with van der Waals surface area (Å²) >= 11 is 14.3. The van der Waals surface area contributed by atoms with E-state index in [-0.39, 0.29) is 36.5 Å². The van der Waals surface area contributed by atoms with Crippen molar-refractivity contribution in [1.82, 2.24) is 20.9 Å². The van der Waals surface area contributed by atoms with Gasteiger partial charge in [-0.15, -0.1) is 0 Å². The molecule has 4 aromatic rings. The van der Waals surface area contributed by atoms with Gasteiger partial charge >= 0.3 is 0 Å². The number of hydrogen-bond donors (Lipinski definition) is 2. The lowest BCUT2D eigenvalue weighted by atomic mass is 10.0. The number of carbonyl (C=O) groups excluding carboxylic acids is 4. The van der Waals surface area contributed by atoms with E-state index in [1.807, 2.05) is 24.3 Å². The molecule has 2 saturated heterocycles. The van der Waals surface area contributed by atoms with Crippen molar-refractivity contribution in [2.75, 3.05) is 24.7 Å². The highest BCUT2D eigenvalue weighted by atomic mass is 35.5. The summed E-state index contributed by atoms with van der Waals surface area (Å²) in [6.07, 6.45) is 1.52. The van der Waals surface area contributed by atoms with E-state index < -0.39 is 11.8 Å². The van der Waals surface area contributed by atoms with E-state index in [2.05, 4.69) is 20.8 Å². The van der Waals surface area contributed by atoms with Gasteiger partial charge in [-0.1, -0.05) is 71.0 Å². The number of aliphatic imine (C=N–C) groups is 2. The van der Waals surface area contributed by atoms with Gasteiger partial charge in [0, 0.05) is 10.0 Å². The van der Waals surface area contributed by atoms with Crippen LogP contribution in [0.25, 0.3) is 0 Å². The van der Waals surface area contributed by atoms with Crippen LogP contribution in [0, 0.1) is 0 Å². The summed E-state index contributed by atoms with van der Waals surface area (Å²) in [6.45, 7) is -0.569. The van der Waals surface area contributed by atoms with E-state index in [1.165, 1.54) is 23.5 Å². The third-order valence-corrected chi connectivity index (χ3v) is 9.75. The normalized spacial score (nSPS) is 15.7. The average molecular weight is 778 g/mol. The first-order valence-corrected chi connectivity index (χ1v) is 18.5. The molecular weight excluding hydrogens is 747 g/mol. The lowest BCUT2D eigenvalue weighted by Gasteiger charge is -2.17. The lowest BCUT2D eigenvalue weighted by Crippen LogP contribution is -2.47. The second-order valence-corrected chi connectivity index (χ2v) is 14.0. The van der Waals surface area contributed by atoms with Crippen LogP contribution >= 0.6 is 46.7 Å². The largest absolute Gasteiger partial charge is 0.484 e. The molecule has 0 radical (unpaired) electrons. The molecule has 2 heterocycles. The molecule has 2 aliphatic rings. The quantitative estimate of drug-likeness (QED) is 0.165. The summed E-state index contributed by atoms with van der Waals surface area (Å²) < 4.78 is 11.3. The summed E-state index contributed by atoms with van der Waals surface area (Å²) in [4.78, 5) is 58.7. The van der Waals surface area contributed by atoms with Crippen molar-refractivity contribution < 1.29 is 28.7 Å². The Kier molecular flexibility index (Phi) is 12.3. The van der Waals surface area contributed by atoms with Crippen LogP contribution in [0.3, 0.4) is 0 Å². The smallest absolute Gasteiger partial charge is 0.276 e. The summed E-state index contributed by atoms with van der Waals surface area (Å²) in [5, 5.41) is 4.14. The highest BCUT2D eigenvalue weighted by molar-refractivity contribution is 8.15. The fourth-order valence-corrected chi connectivity index (χ4v) is 6.67.